The highest BCUT2D eigenvalue weighted by Gasteiger charge is 2.10. The molecule has 7 heteroatoms. The molecule has 92 valence electrons. The molecular weight excluding hydrogens is 252 g/mol. The molecule has 1 N–H and O–H groups in total. The molecule has 0 saturated heterocycles. The van der Waals surface area contributed by atoms with Crippen LogP contribution in [0.3, 0.4) is 0 Å². The van der Waals surface area contributed by atoms with E-state index in [4.69, 9.17) is 5.53 Å². The lowest BCUT2D eigenvalue weighted by Gasteiger charge is -2.25. The third kappa shape index (κ3) is 2.58. The molecule has 1 unspecified atom stereocenters. The van der Waals surface area contributed by atoms with Crippen LogP contribution in [0.1, 0.15) is 0 Å². The van der Waals surface area contributed by atoms with Crippen LogP contribution >= 0.6 is 0 Å². The Bertz CT molecular complexity index is 559. The summed E-state index contributed by atoms with van der Waals surface area (Å²) in [6.07, 6.45) is 1.52. The number of aromatic nitrogens is 1. The first-order valence-corrected chi connectivity index (χ1v) is 6.03. The Morgan fingerprint density at radius 1 is 1.22 bits per heavy atom. The Morgan fingerprint density at radius 3 is 2.44 bits per heavy atom. The van der Waals surface area contributed by atoms with Crippen molar-refractivity contribution < 1.29 is 8.76 Å². The van der Waals surface area contributed by atoms with Crippen LogP contribution < -0.4 is 4.31 Å². The molecule has 1 atom stereocenters. The number of hydrogen-bond donors (Lipinski definition) is 1. The fourth-order valence-corrected chi connectivity index (χ4v) is 1.99. The van der Waals surface area contributed by atoms with Crippen molar-refractivity contribution >= 4 is 28.5 Å². The predicted molar refractivity (Wildman–Crippen MR) is 66.5 cm³/mol. The smallest absolute Gasteiger partial charge is 0.144 e. The zero-order chi connectivity index (χ0) is 13.0. The molecule has 6 nitrogen and oxygen atoms in total. The van der Waals surface area contributed by atoms with E-state index in [9.17, 15) is 8.76 Å². The molecule has 0 amide bonds. The summed E-state index contributed by atoms with van der Waals surface area (Å²) < 4.78 is 23.6. The van der Waals surface area contributed by atoms with Gasteiger partial charge in [0, 0.05) is 6.20 Å². The fourth-order valence-electron chi connectivity index (χ4n) is 1.43. The van der Waals surface area contributed by atoms with Gasteiger partial charge >= 0.3 is 0 Å². The van der Waals surface area contributed by atoms with Gasteiger partial charge in [0.25, 0.3) is 0 Å². The van der Waals surface area contributed by atoms with Crippen molar-refractivity contribution in [2.24, 2.45) is 5.11 Å². The first kappa shape index (κ1) is 12.3. The highest BCUT2D eigenvalue weighted by Crippen LogP contribution is 2.26. The molecule has 0 bridgehead atoms. The Labute approximate surface area is 106 Å². The van der Waals surface area contributed by atoms with E-state index in [0.29, 0.717) is 17.2 Å². The molecule has 0 spiro atoms. The predicted octanol–water partition coefficient (Wildman–Crippen LogP) is 2.68. The molecule has 0 radical (unpaired) electrons. The Balaban J connectivity index is 2.42. The van der Waals surface area contributed by atoms with Gasteiger partial charge in [-0.1, -0.05) is 6.07 Å². The van der Waals surface area contributed by atoms with E-state index in [1.165, 1.54) is 6.20 Å². The molecule has 2 rings (SSSR count). The van der Waals surface area contributed by atoms with Gasteiger partial charge in [0.2, 0.25) is 0 Å². The lowest BCUT2D eigenvalue weighted by Crippen LogP contribution is -2.20. The number of rotatable bonds is 4. The van der Waals surface area contributed by atoms with E-state index in [1.54, 1.807) is 42.5 Å². The number of nitrogens with one attached hydrogen (secondary N) is 1. The largest absolute Gasteiger partial charge is 0.755 e. The van der Waals surface area contributed by atoms with Crippen LogP contribution in [0.4, 0.5) is 17.2 Å². The standard InChI is InChI=1S/C11H10N4O2S/c12-14-9-4-6-10(7-5-9)15(18(16)17)11-3-1-2-8-13-11/h1-8,12H,(H,16,17)/p-1. The third-order valence-electron chi connectivity index (χ3n) is 2.22. The minimum atomic E-state index is -2.47. The summed E-state index contributed by atoms with van der Waals surface area (Å²) in [6.45, 7) is 0. The maximum absolute atomic E-state index is 11.3. The normalized spacial score (nSPS) is 11.8. The lowest BCUT2D eigenvalue weighted by molar-refractivity contribution is 0.537. The van der Waals surface area contributed by atoms with Crippen LogP contribution in [0.2, 0.25) is 0 Å². The topological polar surface area (TPSA) is 92.5 Å². The molecular formula is C11H9N4O2S-. The van der Waals surface area contributed by atoms with E-state index >= 15 is 0 Å². The van der Waals surface area contributed by atoms with Crippen LogP contribution in [0, 0.1) is 5.53 Å². The summed E-state index contributed by atoms with van der Waals surface area (Å²) in [5.41, 5.74) is 7.74. The Kier molecular flexibility index (Phi) is 3.75. The summed E-state index contributed by atoms with van der Waals surface area (Å²) in [5, 5.41) is 3.25. The second kappa shape index (κ2) is 5.48. The SMILES string of the molecule is N=Nc1ccc(N(c2ccccn2)S(=O)[O-])cc1. The molecule has 0 saturated carbocycles. The fraction of sp³-hybridized carbons (Fsp3) is 0. The van der Waals surface area contributed by atoms with Crippen molar-refractivity contribution in [1.29, 1.82) is 5.53 Å². The summed E-state index contributed by atoms with van der Waals surface area (Å²) in [5.74, 6) is 0.307. The second-order valence-electron chi connectivity index (χ2n) is 3.33. The Hall–Kier alpha value is -2.12. The number of pyridine rings is 1. The van der Waals surface area contributed by atoms with Gasteiger partial charge in [0.05, 0.1) is 22.6 Å². The highest BCUT2D eigenvalue weighted by molar-refractivity contribution is 7.81. The molecule has 18 heavy (non-hydrogen) atoms. The van der Waals surface area contributed by atoms with Gasteiger partial charge in [-0.05, 0) is 36.4 Å². The molecule has 0 aliphatic carbocycles. The first-order chi connectivity index (χ1) is 8.72. The second-order valence-corrected chi connectivity index (χ2v) is 4.13. The Morgan fingerprint density at radius 2 is 1.94 bits per heavy atom. The molecule has 0 fully saturated rings. The van der Waals surface area contributed by atoms with Crippen LogP contribution in [-0.2, 0) is 11.3 Å². The van der Waals surface area contributed by atoms with Crippen molar-refractivity contribution in [3.8, 4) is 0 Å². The van der Waals surface area contributed by atoms with Crippen molar-refractivity contribution in [1.82, 2.24) is 4.98 Å². The summed E-state index contributed by atoms with van der Waals surface area (Å²) in [6, 6.07) is 11.3. The number of anilines is 2. The molecule has 0 aliphatic heterocycles. The van der Waals surface area contributed by atoms with Crippen LogP contribution in [-0.4, -0.2) is 13.7 Å². The maximum Gasteiger partial charge on any atom is 0.144 e. The molecule has 1 aromatic heterocycles. The average Bonchev–Trinajstić information content (AvgIpc) is 2.40. The minimum Gasteiger partial charge on any atom is -0.755 e. The molecule has 0 aliphatic rings. The van der Waals surface area contributed by atoms with Gasteiger partial charge in [0.1, 0.15) is 5.82 Å². The first-order valence-electron chi connectivity index (χ1n) is 5.00. The van der Waals surface area contributed by atoms with Crippen LogP contribution in [0.5, 0.6) is 0 Å². The van der Waals surface area contributed by atoms with Gasteiger partial charge in [0.15, 0.2) is 0 Å². The van der Waals surface area contributed by atoms with E-state index in [2.05, 4.69) is 10.1 Å². The van der Waals surface area contributed by atoms with Crippen LogP contribution in [0.25, 0.3) is 0 Å². The highest BCUT2D eigenvalue weighted by atomic mass is 32.2. The number of nitrogens with zero attached hydrogens (tertiary/aromatic N) is 3. The van der Waals surface area contributed by atoms with Gasteiger partial charge in [-0.25, -0.2) is 10.5 Å². The van der Waals surface area contributed by atoms with E-state index in [0.717, 1.165) is 4.31 Å². The summed E-state index contributed by atoms with van der Waals surface area (Å²) in [7, 11) is 0. The maximum atomic E-state index is 11.3. The zero-order valence-electron chi connectivity index (χ0n) is 9.19. The summed E-state index contributed by atoms with van der Waals surface area (Å²) in [4.78, 5) is 3.99. The van der Waals surface area contributed by atoms with Crippen molar-refractivity contribution in [3.05, 3.63) is 48.7 Å². The quantitative estimate of drug-likeness (QED) is 0.677. The monoisotopic (exact) mass is 261 g/mol. The zero-order valence-corrected chi connectivity index (χ0v) is 10.0. The van der Waals surface area contributed by atoms with Gasteiger partial charge in [-0.3, -0.25) is 8.51 Å². The molecule has 1 aromatic carbocycles. The number of hydrogen-bond acceptors (Lipinski definition) is 5. The van der Waals surface area contributed by atoms with Crippen molar-refractivity contribution in [3.63, 3.8) is 0 Å². The van der Waals surface area contributed by atoms with E-state index in [1.807, 2.05) is 0 Å². The van der Waals surface area contributed by atoms with Crippen LogP contribution in [0.15, 0.2) is 53.8 Å². The molecule has 2 aromatic rings. The van der Waals surface area contributed by atoms with Crippen molar-refractivity contribution in [2.75, 3.05) is 4.31 Å². The van der Waals surface area contributed by atoms with Gasteiger partial charge < -0.3 is 4.55 Å². The summed E-state index contributed by atoms with van der Waals surface area (Å²) >= 11 is -2.47. The average molecular weight is 261 g/mol. The van der Waals surface area contributed by atoms with Gasteiger partial charge in [-0.15, -0.1) is 0 Å². The van der Waals surface area contributed by atoms with Crippen molar-refractivity contribution in [2.45, 2.75) is 0 Å². The number of benzene rings is 1. The van der Waals surface area contributed by atoms with E-state index in [-0.39, 0.29) is 0 Å². The van der Waals surface area contributed by atoms with Gasteiger partial charge in [-0.2, -0.15) is 5.11 Å². The third-order valence-corrected chi connectivity index (χ3v) is 2.92. The minimum absolute atomic E-state index is 0.307. The van der Waals surface area contributed by atoms with E-state index < -0.39 is 11.3 Å². The lowest BCUT2D eigenvalue weighted by atomic mass is 10.3. The molecule has 1 heterocycles.